The zero-order valence-corrected chi connectivity index (χ0v) is 17.8. The van der Waals surface area contributed by atoms with Gasteiger partial charge >= 0.3 is 0 Å². The van der Waals surface area contributed by atoms with Gasteiger partial charge in [-0.25, -0.2) is 0 Å². The van der Waals surface area contributed by atoms with Gasteiger partial charge in [-0.2, -0.15) is 0 Å². The molecule has 0 saturated carbocycles. The predicted molar refractivity (Wildman–Crippen MR) is 111 cm³/mol. The quantitative estimate of drug-likeness (QED) is 0.275. The number of phenols is 2. The van der Waals surface area contributed by atoms with Crippen molar-refractivity contribution >= 4 is 5.78 Å². The highest BCUT2D eigenvalue weighted by Gasteiger charge is 2.45. The molecule has 2 aliphatic rings. The normalized spacial score (nSPS) is 30.9. The monoisotopic (exact) mass is 480 g/mol. The molecular formula is C22H24O12. The third-order valence-electron chi connectivity index (χ3n) is 5.73. The van der Waals surface area contributed by atoms with Crippen LogP contribution in [0.25, 0.3) is 0 Å². The molecule has 12 heteroatoms. The van der Waals surface area contributed by atoms with Crippen molar-refractivity contribution < 1.29 is 59.5 Å². The Kier molecular flexibility index (Phi) is 6.53. The third kappa shape index (κ3) is 4.11. The number of benzene rings is 2. The number of methoxy groups -OCH3 is 1. The summed E-state index contributed by atoms with van der Waals surface area (Å²) in [6, 6.07) is 6.32. The van der Waals surface area contributed by atoms with Gasteiger partial charge in [-0.3, -0.25) is 4.79 Å². The average molecular weight is 480 g/mol. The van der Waals surface area contributed by atoms with E-state index < -0.39 is 61.1 Å². The molecule has 34 heavy (non-hydrogen) atoms. The van der Waals surface area contributed by atoms with Gasteiger partial charge in [-0.1, -0.05) is 6.07 Å². The van der Waals surface area contributed by atoms with Crippen LogP contribution in [-0.2, 0) is 4.74 Å². The molecule has 7 atom stereocenters. The van der Waals surface area contributed by atoms with E-state index in [1.165, 1.54) is 25.3 Å². The maximum atomic E-state index is 12.6. The number of ketones is 1. The molecule has 2 heterocycles. The molecule has 7 N–H and O–H groups in total. The Bertz CT molecular complexity index is 1070. The zero-order chi connectivity index (χ0) is 24.7. The Morgan fingerprint density at radius 1 is 0.971 bits per heavy atom. The fourth-order valence-electron chi connectivity index (χ4n) is 3.91. The number of Topliss-reactive ketones (excluding diaryl/α,β-unsaturated/α-hetero) is 1. The summed E-state index contributed by atoms with van der Waals surface area (Å²) >= 11 is 0. The molecule has 0 aromatic heterocycles. The Morgan fingerprint density at radius 2 is 1.71 bits per heavy atom. The van der Waals surface area contributed by atoms with Gasteiger partial charge in [0.15, 0.2) is 23.7 Å². The van der Waals surface area contributed by atoms with Crippen molar-refractivity contribution in [3.63, 3.8) is 0 Å². The van der Waals surface area contributed by atoms with Gasteiger partial charge in [0.1, 0.15) is 47.2 Å². The number of aliphatic hydroxyl groups excluding tert-OH is 5. The summed E-state index contributed by atoms with van der Waals surface area (Å²) in [5.74, 6) is -1.65. The summed E-state index contributed by atoms with van der Waals surface area (Å²) in [4.78, 5) is 12.6. The van der Waals surface area contributed by atoms with Crippen LogP contribution in [0.15, 0.2) is 30.3 Å². The van der Waals surface area contributed by atoms with E-state index >= 15 is 0 Å². The molecule has 0 amide bonds. The van der Waals surface area contributed by atoms with E-state index in [0.29, 0.717) is 0 Å². The number of hydrogen-bond donors (Lipinski definition) is 7. The number of carbonyl (C=O) groups is 1. The van der Waals surface area contributed by atoms with Gasteiger partial charge in [0, 0.05) is 12.1 Å². The summed E-state index contributed by atoms with van der Waals surface area (Å²) in [6.45, 7) is -0.627. The van der Waals surface area contributed by atoms with E-state index in [4.69, 9.17) is 18.9 Å². The molecule has 0 aliphatic carbocycles. The van der Waals surface area contributed by atoms with Crippen LogP contribution in [-0.4, -0.2) is 92.1 Å². The van der Waals surface area contributed by atoms with Crippen molar-refractivity contribution in [1.29, 1.82) is 0 Å². The number of fused-ring (bicyclic) bond motifs is 1. The molecule has 0 spiro atoms. The summed E-state index contributed by atoms with van der Waals surface area (Å²) in [5.41, 5.74) is 0.0309. The van der Waals surface area contributed by atoms with Gasteiger partial charge in [0.2, 0.25) is 12.1 Å². The lowest BCUT2D eigenvalue weighted by atomic mass is 9.92. The summed E-state index contributed by atoms with van der Waals surface area (Å²) in [5, 5.41) is 69.6. The Morgan fingerprint density at radius 3 is 2.38 bits per heavy atom. The van der Waals surface area contributed by atoms with Crippen molar-refractivity contribution in [3.8, 4) is 28.7 Å². The van der Waals surface area contributed by atoms with E-state index in [0.717, 1.165) is 12.1 Å². The van der Waals surface area contributed by atoms with E-state index in [9.17, 15) is 40.5 Å². The second-order valence-corrected chi connectivity index (χ2v) is 7.91. The lowest BCUT2D eigenvalue weighted by Gasteiger charge is -2.39. The van der Waals surface area contributed by atoms with Crippen molar-refractivity contribution in [3.05, 3.63) is 41.5 Å². The molecule has 1 fully saturated rings. The van der Waals surface area contributed by atoms with Gasteiger partial charge < -0.3 is 54.7 Å². The first kappa shape index (κ1) is 24.0. The fourth-order valence-corrected chi connectivity index (χ4v) is 3.91. The highest BCUT2D eigenvalue weighted by molar-refractivity contribution is 6.05. The number of ether oxygens (including phenoxy) is 4. The zero-order valence-electron chi connectivity index (χ0n) is 17.8. The number of hydrogen-bond acceptors (Lipinski definition) is 12. The van der Waals surface area contributed by atoms with Crippen LogP contribution in [0, 0.1) is 0 Å². The highest BCUT2D eigenvalue weighted by Crippen LogP contribution is 2.43. The number of carbonyl (C=O) groups excluding carboxylic acids is 1. The Labute approximate surface area is 192 Å². The van der Waals surface area contributed by atoms with Gasteiger partial charge in [-0.15, -0.1) is 0 Å². The minimum atomic E-state index is -1.68. The molecule has 0 radical (unpaired) electrons. The second-order valence-electron chi connectivity index (χ2n) is 7.91. The standard InChI is InChI=1S/C22H24O12/c1-31-12-4-8(21-19(29)17(27)15-10(25)5-9(24)6-13(15)32-21)2-3-11(12)33-22-20(30)18(28)16(26)14(7-23)34-22/h2-6,14,16,18-26,28-30H,7H2,1H3/t14-,16-,18+,19?,20-,21?,22-/m1/s1. The summed E-state index contributed by atoms with van der Waals surface area (Å²) in [6.07, 6.45) is -10.3. The molecule has 2 aliphatic heterocycles. The van der Waals surface area contributed by atoms with Gasteiger partial charge in [0.05, 0.1) is 13.7 Å². The number of phenolic OH excluding ortho intramolecular Hbond substituents is 2. The van der Waals surface area contributed by atoms with Crippen molar-refractivity contribution in [1.82, 2.24) is 0 Å². The van der Waals surface area contributed by atoms with Crippen LogP contribution in [0.4, 0.5) is 0 Å². The van der Waals surface area contributed by atoms with Crippen LogP contribution >= 0.6 is 0 Å². The molecular weight excluding hydrogens is 456 g/mol. The van der Waals surface area contributed by atoms with Crippen molar-refractivity contribution in [2.75, 3.05) is 13.7 Å². The Hall–Kier alpha value is -3.13. The van der Waals surface area contributed by atoms with E-state index in [1.54, 1.807) is 0 Å². The third-order valence-corrected chi connectivity index (χ3v) is 5.73. The molecule has 2 unspecified atom stereocenters. The summed E-state index contributed by atoms with van der Waals surface area (Å²) in [7, 11) is 1.31. The number of rotatable bonds is 5. The lowest BCUT2D eigenvalue weighted by molar-refractivity contribution is -0.277. The topological polar surface area (TPSA) is 196 Å². The van der Waals surface area contributed by atoms with E-state index in [-0.39, 0.29) is 34.1 Å². The first-order chi connectivity index (χ1) is 16.2. The Balaban J connectivity index is 1.61. The molecule has 12 nitrogen and oxygen atoms in total. The van der Waals surface area contributed by atoms with Gasteiger partial charge in [-0.05, 0) is 17.7 Å². The SMILES string of the molecule is COc1cc(C2Oc3cc(O)cc(O)c3C(=O)C2O)ccc1O[C@@H]1O[C@H](CO)[C@@H](O)[C@H](O)[C@H]1O. The van der Waals surface area contributed by atoms with Crippen LogP contribution in [0.2, 0.25) is 0 Å². The first-order valence-corrected chi connectivity index (χ1v) is 10.3. The molecule has 1 saturated heterocycles. The lowest BCUT2D eigenvalue weighted by Crippen LogP contribution is -2.60. The largest absolute Gasteiger partial charge is 0.508 e. The smallest absolute Gasteiger partial charge is 0.229 e. The predicted octanol–water partition coefficient (Wildman–Crippen LogP) is -1.04. The summed E-state index contributed by atoms with van der Waals surface area (Å²) < 4.78 is 21.9. The molecule has 0 bridgehead atoms. The molecule has 2 aromatic rings. The number of aromatic hydroxyl groups is 2. The molecule has 4 rings (SSSR count). The molecule has 2 aromatic carbocycles. The van der Waals surface area contributed by atoms with Crippen LogP contribution in [0.5, 0.6) is 28.7 Å². The first-order valence-electron chi connectivity index (χ1n) is 10.3. The minimum Gasteiger partial charge on any atom is -0.508 e. The second kappa shape index (κ2) is 9.25. The maximum absolute atomic E-state index is 12.6. The van der Waals surface area contributed by atoms with Crippen molar-refractivity contribution in [2.24, 2.45) is 0 Å². The maximum Gasteiger partial charge on any atom is 0.229 e. The van der Waals surface area contributed by atoms with E-state index in [1.807, 2.05) is 0 Å². The van der Waals surface area contributed by atoms with Crippen LogP contribution < -0.4 is 14.2 Å². The average Bonchev–Trinajstić information content (AvgIpc) is 2.81. The van der Waals surface area contributed by atoms with Gasteiger partial charge in [0.25, 0.3) is 0 Å². The highest BCUT2D eigenvalue weighted by atomic mass is 16.7. The van der Waals surface area contributed by atoms with Crippen molar-refractivity contribution in [2.45, 2.75) is 42.9 Å². The fraction of sp³-hybridized carbons (Fsp3) is 0.409. The minimum absolute atomic E-state index is 0.0443. The van der Waals surface area contributed by atoms with E-state index in [2.05, 4.69) is 0 Å². The number of aliphatic hydroxyl groups is 5. The van der Waals surface area contributed by atoms with Crippen LogP contribution in [0.1, 0.15) is 22.0 Å². The molecule has 184 valence electrons. The van der Waals surface area contributed by atoms with Crippen LogP contribution in [0.3, 0.4) is 0 Å².